The SMILES string of the molecule is Cc1cc(Nc2cccc(C(=O)N[C@@H](CC3CCCC3)C(=O)Nc3cnn(C)c3)c2)cc(C)n1. The summed E-state index contributed by atoms with van der Waals surface area (Å²) < 4.78 is 1.63. The van der Waals surface area contributed by atoms with Crippen LogP contribution in [0.2, 0.25) is 0 Å². The third-order valence-corrected chi connectivity index (χ3v) is 6.13. The highest BCUT2D eigenvalue weighted by atomic mass is 16.2. The van der Waals surface area contributed by atoms with Gasteiger partial charge in [-0.1, -0.05) is 31.7 Å². The second-order valence-electron chi connectivity index (χ2n) is 9.15. The number of aromatic nitrogens is 3. The molecule has 1 fully saturated rings. The molecule has 0 unspecified atom stereocenters. The van der Waals surface area contributed by atoms with Gasteiger partial charge in [0.15, 0.2) is 0 Å². The molecule has 3 aromatic rings. The summed E-state index contributed by atoms with van der Waals surface area (Å²) in [5.41, 5.74) is 4.67. The molecule has 1 aromatic carbocycles. The molecule has 0 radical (unpaired) electrons. The van der Waals surface area contributed by atoms with Crippen LogP contribution in [0, 0.1) is 19.8 Å². The quantitative estimate of drug-likeness (QED) is 0.460. The van der Waals surface area contributed by atoms with Crippen molar-refractivity contribution in [2.75, 3.05) is 10.6 Å². The summed E-state index contributed by atoms with van der Waals surface area (Å²) in [7, 11) is 1.79. The minimum absolute atomic E-state index is 0.217. The van der Waals surface area contributed by atoms with E-state index in [2.05, 4.69) is 26.0 Å². The first-order chi connectivity index (χ1) is 16.4. The normalized spacial score (nSPS) is 14.6. The van der Waals surface area contributed by atoms with Gasteiger partial charge in [-0.3, -0.25) is 19.3 Å². The van der Waals surface area contributed by atoms with Crippen molar-refractivity contribution in [3.63, 3.8) is 0 Å². The molecule has 0 bridgehead atoms. The molecule has 2 amide bonds. The number of benzene rings is 1. The van der Waals surface area contributed by atoms with Crippen LogP contribution in [0.15, 0.2) is 48.8 Å². The zero-order valence-corrected chi connectivity index (χ0v) is 20.0. The van der Waals surface area contributed by atoms with E-state index in [-0.39, 0.29) is 11.8 Å². The summed E-state index contributed by atoms with van der Waals surface area (Å²) in [6.07, 6.45) is 8.52. The Bertz CT molecular complexity index is 1150. The van der Waals surface area contributed by atoms with Crippen LogP contribution in [0.1, 0.15) is 53.8 Å². The third-order valence-electron chi connectivity index (χ3n) is 6.13. The van der Waals surface area contributed by atoms with E-state index in [1.165, 1.54) is 12.8 Å². The van der Waals surface area contributed by atoms with Crippen LogP contribution in [0.25, 0.3) is 0 Å². The van der Waals surface area contributed by atoms with Gasteiger partial charge in [0.25, 0.3) is 5.91 Å². The van der Waals surface area contributed by atoms with Crippen molar-refractivity contribution in [3.8, 4) is 0 Å². The number of hydrogen-bond donors (Lipinski definition) is 3. The highest BCUT2D eigenvalue weighted by molar-refractivity contribution is 6.01. The number of aryl methyl sites for hydroxylation is 3. The van der Waals surface area contributed by atoms with Crippen LogP contribution in [-0.4, -0.2) is 32.6 Å². The smallest absolute Gasteiger partial charge is 0.252 e. The van der Waals surface area contributed by atoms with Gasteiger partial charge in [0.1, 0.15) is 6.04 Å². The fourth-order valence-corrected chi connectivity index (χ4v) is 4.58. The first-order valence-electron chi connectivity index (χ1n) is 11.8. The monoisotopic (exact) mass is 460 g/mol. The van der Waals surface area contributed by atoms with Crippen LogP contribution >= 0.6 is 0 Å². The second-order valence-corrected chi connectivity index (χ2v) is 9.15. The van der Waals surface area contributed by atoms with E-state index >= 15 is 0 Å². The van der Waals surface area contributed by atoms with E-state index in [4.69, 9.17) is 0 Å². The van der Waals surface area contributed by atoms with E-state index in [0.717, 1.165) is 35.6 Å². The minimum atomic E-state index is -0.613. The van der Waals surface area contributed by atoms with Crippen molar-refractivity contribution in [2.24, 2.45) is 13.0 Å². The Kier molecular flexibility index (Phi) is 7.25. The maximum atomic E-state index is 13.2. The van der Waals surface area contributed by atoms with Crippen LogP contribution in [0.4, 0.5) is 17.1 Å². The highest BCUT2D eigenvalue weighted by Gasteiger charge is 2.27. The average Bonchev–Trinajstić information content (AvgIpc) is 3.44. The average molecular weight is 461 g/mol. The molecule has 0 aliphatic heterocycles. The molecule has 2 aromatic heterocycles. The van der Waals surface area contributed by atoms with Gasteiger partial charge in [-0.05, 0) is 56.5 Å². The molecular weight excluding hydrogens is 428 g/mol. The predicted octanol–water partition coefficient (Wildman–Crippen LogP) is 4.49. The molecule has 1 atom stereocenters. The Labute approximate surface area is 200 Å². The second kappa shape index (κ2) is 10.5. The summed E-state index contributed by atoms with van der Waals surface area (Å²) >= 11 is 0. The van der Waals surface area contributed by atoms with E-state index in [0.29, 0.717) is 23.6 Å². The van der Waals surface area contributed by atoms with Crippen molar-refractivity contribution in [1.82, 2.24) is 20.1 Å². The lowest BCUT2D eigenvalue weighted by Gasteiger charge is -2.21. The van der Waals surface area contributed by atoms with Gasteiger partial charge in [0.2, 0.25) is 5.91 Å². The van der Waals surface area contributed by atoms with Gasteiger partial charge >= 0.3 is 0 Å². The van der Waals surface area contributed by atoms with Crippen molar-refractivity contribution in [2.45, 2.75) is 52.0 Å². The number of rotatable bonds is 8. The Morgan fingerprint density at radius 1 is 1.06 bits per heavy atom. The van der Waals surface area contributed by atoms with Crippen LogP contribution < -0.4 is 16.0 Å². The summed E-state index contributed by atoms with van der Waals surface area (Å²) in [6.45, 7) is 3.90. The van der Waals surface area contributed by atoms with E-state index in [1.54, 1.807) is 36.3 Å². The number of carbonyl (C=O) groups excluding carboxylic acids is 2. The van der Waals surface area contributed by atoms with Gasteiger partial charge in [-0.25, -0.2) is 0 Å². The molecule has 8 heteroatoms. The van der Waals surface area contributed by atoms with E-state index in [9.17, 15) is 9.59 Å². The number of anilines is 3. The molecule has 4 rings (SSSR count). The van der Waals surface area contributed by atoms with Gasteiger partial charge < -0.3 is 16.0 Å². The lowest BCUT2D eigenvalue weighted by atomic mass is 9.97. The predicted molar refractivity (Wildman–Crippen MR) is 133 cm³/mol. The molecule has 3 N–H and O–H groups in total. The summed E-state index contributed by atoms with van der Waals surface area (Å²) in [6, 6.07) is 10.6. The molecule has 0 saturated heterocycles. The lowest BCUT2D eigenvalue weighted by Crippen LogP contribution is -2.44. The molecule has 0 spiro atoms. The largest absolute Gasteiger partial charge is 0.355 e. The number of amides is 2. The Morgan fingerprint density at radius 2 is 1.79 bits per heavy atom. The summed E-state index contributed by atoms with van der Waals surface area (Å²) in [5, 5.41) is 13.3. The maximum Gasteiger partial charge on any atom is 0.252 e. The molecule has 1 aliphatic carbocycles. The van der Waals surface area contributed by atoms with Crippen LogP contribution in [-0.2, 0) is 11.8 Å². The van der Waals surface area contributed by atoms with Gasteiger partial charge in [-0.15, -0.1) is 0 Å². The summed E-state index contributed by atoms with van der Waals surface area (Å²) in [4.78, 5) is 30.6. The summed E-state index contributed by atoms with van der Waals surface area (Å²) in [5.74, 6) is -0.0449. The van der Waals surface area contributed by atoms with E-state index in [1.807, 2.05) is 38.1 Å². The number of nitrogens with one attached hydrogen (secondary N) is 3. The first kappa shape index (κ1) is 23.5. The van der Waals surface area contributed by atoms with Crippen molar-refractivity contribution < 1.29 is 9.59 Å². The number of carbonyl (C=O) groups is 2. The third kappa shape index (κ3) is 6.21. The molecule has 34 heavy (non-hydrogen) atoms. The maximum absolute atomic E-state index is 13.2. The van der Waals surface area contributed by atoms with Crippen molar-refractivity contribution >= 4 is 28.9 Å². The molecule has 2 heterocycles. The van der Waals surface area contributed by atoms with Gasteiger partial charge in [-0.2, -0.15) is 5.10 Å². The molecule has 1 aliphatic rings. The Hall–Kier alpha value is -3.68. The van der Waals surface area contributed by atoms with Gasteiger partial charge in [0, 0.05) is 41.6 Å². The number of hydrogen-bond acceptors (Lipinski definition) is 5. The van der Waals surface area contributed by atoms with Crippen molar-refractivity contribution in [3.05, 3.63) is 65.7 Å². The molecule has 178 valence electrons. The van der Waals surface area contributed by atoms with Crippen LogP contribution in [0.5, 0.6) is 0 Å². The lowest BCUT2D eigenvalue weighted by molar-refractivity contribution is -0.118. The topological polar surface area (TPSA) is 101 Å². The first-order valence-corrected chi connectivity index (χ1v) is 11.8. The Balaban J connectivity index is 1.47. The highest BCUT2D eigenvalue weighted by Crippen LogP contribution is 2.29. The van der Waals surface area contributed by atoms with Crippen molar-refractivity contribution in [1.29, 1.82) is 0 Å². The molecular formula is C26H32N6O2. The number of pyridine rings is 1. The zero-order valence-electron chi connectivity index (χ0n) is 20.0. The van der Waals surface area contributed by atoms with Gasteiger partial charge in [0.05, 0.1) is 11.9 Å². The van der Waals surface area contributed by atoms with Crippen LogP contribution in [0.3, 0.4) is 0 Å². The molecule has 8 nitrogen and oxygen atoms in total. The fourth-order valence-electron chi connectivity index (χ4n) is 4.58. The minimum Gasteiger partial charge on any atom is -0.355 e. The standard InChI is InChI=1S/C26H32N6O2/c1-17-11-22(12-18(2)28-17)29-21-10-6-9-20(14-21)25(33)31-24(13-19-7-4-5-8-19)26(34)30-23-15-27-32(3)16-23/h6,9-12,14-16,19,24H,4-5,7-8,13H2,1-3H3,(H,28,29)(H,30,34)(H,31,33)/t24-/m0/s1. The number of nitrogens with zero attached hydrogens (tertiary/aromatic N) is 3. The molecule has 1 saturated carbocycles. The van der Waals surface area contributed by atoms with E-state index < -0.39 is 6.04 Å². The Morgan fingerprint density at radius 3 is 2.47 bits per heavy atom. The zero-order chi connectivity index (χ0) is 24.1. The fraction of sp³-hybridized carbons (Fsp3) is 0.385.